The van der Waals surface area contributed by atoms with E-state index in [0.29, 0.717) is 25.6 Å². The first-order valence-corrected chi connectivity index (χ1v) is 9.32. The second-order valence-corrected chi connectivity index (χ2v) is 8.23. The molecule has 1 heterocycles. The van der Waals surface area contributed by atoms with Gasteiger partial charge < -0.3 is 10.1 Å². The SMILES string of the molecule is CCOC(C)(C)C(CC1CCCN(S(C)(=O)=O)C1)NC. The highest BCUT2D eigenvalue weighted by Gasteiger charge is 2.33. The molecule has 0 aromatic heterocycles. The van der Waals surface area contributed by atoms with Crippen molar-refractivity contribution in [2.75, 3.05) is 33.0 Å². The van der Waals surface area contributed by atoms with Gasteiger partial charge >= 0.3 is 0 Å². The summed E-state index contributed by atoms with van der Waals surface area (Å²) in [6.45, 7) is 8.17. The minimum absolute atomic E-state index is 0.229. The molecule has 1 rings (SSSR count). The minimum Gasteiger partial charge on any atom is -0.374 e. The van der Waals surface area contributed by atoms with E-state index in [1.54, 1.807) is 4.31 Å². The van der Waals surface area contributed by atoms with Crippen molar-refractivity contribution in [2.24, 2.45) is 5.92 Å². The Morgan fingerprint density at radius 2 is 2.10 bits per heavy atom. The third-order valence-electron chi connectivity index (χ3n) is 4.22. The molecule has 0 aromatic rings. The van der Waals surface area contributed by atoms with Crippen molar-refractivity contribution >= 4 is 10.0 Å². The minimum atomic E-state index is -3.07. The van der Waals surface area contributed by atoms with Gasteiger partial charge in [-0.3, -0.25) is 0 Å². The molecule has 1 N–H and O–H groups in total. The number of nitrogens with zero attached hydrogens (tertiary/aromatic N) is 1. The van der Waals surface area contributed by atoms with E-state index in [1.165, 1.54) is 6.26 Å². The summed E-state index contributed by atoms with van der Waals surface area (Å²) in [5, 5.41) is 3.34. The van der Waals surface area contributed by atoms with E-state index in [1.807, 2.05) is 14.0 Å². The Balaban J connectivity index is 2.66. The largest absolute Gasteiger partial charge is 0.374 e. The van der Waals surface area contributed by atoms with Crippen molar-refractivity contribution in [2.45, 2.75) is 51.7 Å². The van der Waals surface area contributed by atoms with Gasteiger partial charge in [-0.25, -0.2) is 12.7 Å². The third kappa shape index (κ3) is 4.98. The molecule has 1 aliphatic rings. The van der Waals surface area contributed by atoms with Crippen molar-refractivity contribution < 1.29 is 13.2 Å². The zero-order valence-corrected chi connectivity index (χ0v) is 14.3. The van der Waals surface area contributed by atoms with Crippen LogP contribution in [0.5, 0.6) is 0 Å². The number of ether oxygens (including phenoxy) is 1. The molecule has 0 radical (unpaired) electrons. The predicted octanol–water partition coefficient (Wildman–Crippen LogP) is 1.45. The van der Waals surface area contributed by atoms with Gasteiger partial charge in [0.15, 0.2) is 0 Å². The van der Waals surface area contributed by atoms with Gasteiger partial charge in [0.2, 0.25) is 10.0 Å². The van der Waals surface area contributed by atoms with Crippen LogP contribution in [-0.2, 0) is 14.8 Å². The van der Waals surface area contributed by atoms with Crippen molar-refractivity contribution in [3.63, 3.8) is 0 Å². The average molecular weight is 306 g/mol. The molecular weight excluding hydrogens is 276 g/mol. The Morgan fingerprint density at radius 1 is 1.45 bits per heavy atom. The zero-order chi connectivity index (χ0) is 15.4. The Labute approximate surface area is 124 Å². The summed E-state index contributed by atoms with van der Waals surface area (Å²) in [7, 11) is -1.12. The van der Waals surface area contributed by atoms with Gasteiger partial charge in [0.25, 0.3) is 0 Å². The van der Waals surface area contributed by atoms with Gasteiger partial charge in [0.05, 0.1) is 11.9 Å². The molecule has 1 aliphatic heterocycles. The van der Waals surface area contributed by atoms with Gasteiger partial charge in [-0.15, -0.1) is 0 Å². The summed E-state index contributed by atoms with van der Waals surface area (Å²) in [5.41, 5.74) is -0.239. The molecule has 5 nitrogen and oxygen atoms in total. The lowest BCUT2D eigenvalue weighted by atomic mass is 9.85. The molecule has 2 unspecified atom stereocenters. The molecule has 20 heavy (non-hydrogen) atoms. The molecule has 2 atom stereocenters. The molecule has 0 aromatic carbocycles. The first-order chi connectivity index (χ1) is 9.20. The van der Waals surface area contributed by atoms with E-state index in [9.17, 15) is 8.42 Å². The van der Waals surface area contributed by atoms with Gasteiger partial charge in [0, 0.05) is 25.7 Å². The van der Waals surface area contributed by atoms with E-state index in [-0.39, 0.29) is 11.6 Å². The van der Waals surface area contributed by atoms with Crippen molar-refractivity contribution in [3.8, 4) is 0 Å². The van der Waals surface area contributed by atoms with Crippen molar-refractivity contribution in [1.29, 1.82) is 0 Å². The highest BCUT2D eigenvalue weighted by Crippen LogP contribution is 2.27. The maximum Gasteiger partial charge on any atom is 0.211 e. The average Bonchev–Trinajstić information content (AvgIpc) is 2.35. The predicted molar refractivity (Wildman–Crippen MR) is 82.3 cm³/mol. The lowest BCUT2D eigenvalue weighted by Gasteiger charge is -2.38. The number of rotatable bonds is 7. The van der Waals surface area contributed by atoms with E-state index in [2.05, 4.69) is 19.2 Å². The Morgan fingerprint density at radius 3 is 2.60 bits per heavy atom. The first-order valence-electron chi connectivity index (χ1n) is 7.47. The van der Waals surface area contributed by atoms with Gasteiger partial charge in [0.1, 0.15) is 0 Å². The van der Waals surface area contributed by atoms with Crippen LogP contribution in [0, 0.1) is 5.92 Å². The highest BCUT2D eigenvalue weighted by atomic mass is 32.2. The second kappa shape index (κ2) is 7.20. The quantitative estimate of drug-likeness (QED) is 0.773. The summed E-state index contributed by atoms with van der Waals surface area (Å²) in [6.07, 6.45) is 4.28. The number of hydrogen-bond donors (Lipinski definition) is 1. The molecule has 0 aliphatic carbocycles. The monoisotopic (exact) mass is 306 g/mol. The first kappa shape index (κ1) is 17.9. The summed E-state index contributed by atoms with van der Waals surface area (Å²) >= 11 is 0. The topological polar surface area (TPSA) is 58.6 Å². The van der Waals surface area contributed by atoms with Crippen LogP contribution in [0.15, 0.2) is 0 Å². The molecule has 0 spiro atoms. The van der Waals surface area contributed by atoms with Crippen LogP contribution < -0.4 is 5.32 Å². The lowest BCUT2D eigenvalue weighted by molar-refractivity contribution is -0.0432. The van der Waals surface area contributed by atoms with Crippen LogP contribution >= 0.6 is 0 Å². The fourth-order valence-electron chi connectivity index (χ4n) is 3.08. The summed E-state index contributed by atoms with van der Waals surface area (Å²) in [4.78, 5) is 0. The van der Waals surface area contributed by atoms with Crippen LogP contribution in [0.2, 0.25) is 0 Å². The van der Waals surface area contributed by atoms with E-state index >= 15 is 0 Å². The van der Waals surface area contributed by atoms with E-state index in [4.69, 9.17) is 4.74 Å². The molecule has 120 valence electrons. The second-order valence-electron chi connectivity index (χ2n) is 6.24. The van der Waals surface area contributed by atoms with Gasteiger partial charge in [-0.2, -0.15) is 0 Å². The molecule has 0 saturated carbocycles. The van der Waals surface area contributed by atoms with E-state index in [0.717, 1.165) is 19.3 Å². The number of nitrogens with one attached hydrogen (secondary N) is 1. The molecule has 1 fully saturated rings. The molecule has 0 bridgehead atoms. The smallest absolute Gasteiger partial charge is 0.211 e. The highest BCUT2D eigenvalue weighted by molar-refractivity contribution is 7.88. The number of hydrogen-bond acceptors (Lipinski definition) is 4. The fraction of sp³-hybridized carbons (Fsp3) is 1.00. The van der Waals surface area contributed by atoms with Gasteiger partial charge in [-0.1, -0.05) is 0 Å². The maximum atomic E-state index is 11.7. The van der Waals surface area contributed by atoms with E-state index < -0.39 is 10.0 Å². The van der Waals surface area contributed by atoms with Crippen LogP contribution in [0.4, 0.5) is 0 Å². The van der Waals surface area contributed by atoms with Crippen LogP contribution in [-0.4, -0.2) is 57.4 Å². The lowest BCUT2D eigenvalue weighted by Crippen LogP contribution is -2.50. The number of piperidine rings is 1. The Kier molecular flexibility index (Phi) is 6.44. The van der Waals surface area contributed by atoms with Crippen molar-refractivity contribution in [1.82, 2.24) is 9.62 Å². The Hall–Kier alpha value is -0.170. The summed E-state index contributed by atoms with van der Waals surface area (Å²) < 4.78 is 30.8. The summed E-state index contributed by atoms with van der Waals surface area (Å²) in [6, 6.07) is 0.229. The number of sulfonamides is 1. The third-order valence-corrected chi connectivity index (χ3v) is 5.49. The van der Waals surface area contributed by atoms with Crippen molar-refractivity contribution in [3.05, 3.63) is 0 Å². The number of likely N-dealkylation sites (N-methyl/N-ethyl adjacent to an activating group) is 1. The molecular formula is C14H30N2O3S. The Bertz CT molecular complexity index is 395. The standard InChI is InChI=1S/C14H30N2O3S/c1-6-19-14(2,3)13(15-4)10-12-8-7-9-16(11-12)20(5,17)18/h12-13,15H,6-11H2,1-5H3. The normalized spacial score (nSPS) is 23.8. The van der Waals surface area contributed by atoms with Crippen LogP contribution in [0.3, 0.4) is 0 Å². The zero-order valence-electron chi connectivity index (χ0n) is 13.5. The van der Waals surface area contributed by atoms with Gasteiger partial charge in [-0.05, 0) is 53.0 Å². The van der Waals surface area contributed by atoms with Crippen LogP contribution in [0.1, 0.15) is 40.0 Å². The van der Waals surface area contributed by atoms with Crippen LogP contribution in [0.25, 0.3) is 0 Å². The summed E-state index contributed by atoms with van der Waals surface area (Å²) in [5.74, 6) is 0.399. The molecule has 1 saturated heterocycles. The molecule has 6 heteroatoms. The fourth-order valence-corrected chi connectivity index (χ4v) is 4.02. The maximum absolute atomic E-state index is 11.7. The molecule has 0 amide bonds.